The zero-order valence-electron chi connectivity index (χ0n) is 8.63. The molecule has 2 rings (SSSR count). The topological polar surface area (TPSA) is 12.0 Å². The standard InChI is InChI=1S/C12H16ClN/c1-8-6-12(8)14-9(2)10-4-3-5-11(13)7-10/h3-5,7-9,12,14H,6H2,1-2H3. The van der Waals surface area contributed by atoms with Crippen LogP contribution < -0.4 is 5.32 Å². The SMILES string of the molecule is CC(NC1CC1C)c1cccc(Cl)c1. The van der Waals surface area contributed by atoms with Crippen molar-refractivity contribution in [2.24, 2.45) is 5.92 Å². The molecule has 1 aromatic carbocycles. The van der Waals surface area contributed by atoms with E-state index in [9.17, 15) is 0 Å². The Hall–Kier alpha value is -0.530. The van der Waals surface area contributed by atoms with E-state index >= 15 is 0 Å². The van der Waals surface area contributed by atoms with E-state index in [0.717, 1.165) is 10.9 Å². The predicted octanol–water partition coefficient (Wildman–Crippen LogP) is 3.40. The van der Waals surface area contributed by atoms with E-state index in [1.165, 1.54) is 12.0 Å². The Bertz CT molecular complexity index is 324. The molecule has 3 unspecified atom stereocenters. The van der Waals surface area contributed by atoms with E-state index in [1.54, 1.807) is 0 Å². The van der Waals surface area contributed by atoms with Crippen LogP contribution in [0.5, 0.6) is 0 Å². The highest BCUT2D eigenvalue weighted by Gasteiger charge is 2.33. The fourth-order valence-electron chi connectivity index (χ4n) is 1.75. The van der Waals surface area contributed by atoms with Crippen LogP contribution in [0.4, 0.5) is 0 Å². The normalized spacial score (nSPS) is 27.4. The van der Waals surface area contributed by atoms with Crippen molar-refractivity contribution in [2.45, 2.75) is 32.4 Å². The van der Waals surface area contributed by atoms with Gasteiger partial charge >= 0.3 is 0 Å². The molecule has 0 aliphatic heterocycles. The minimum atomic E-state index is 0.406. The molecule has 1 aliphatic carbocycles. The molecule has 0 saturated heterocycles. The molecule has 3 atom stereocenters. The molecule has 0 amide bonds. The second-order valence-electron chi connectivity index (χ2n) is 4.26. The molecule has 14 heavy (non-hydrogen) atoms. The molecule has 1 nitrogen and oxygen atoms in total. The molecule has 76 valence electrons. The Labute approximate surface area is 90.5 Å². The van der Waals surface area contributed by atoms with Gasteiger partial charge in [-0.25, -0.2) is 0 Å². The highest BCUT2D eigenvalue weighted by Crippen LogP contribution is 2.31. The number of hydrogen-bond acceptors (Lipinski definition) is 1. The van der Waals surface area contributed by atoms with Crippen LogP contribution in [-0.2, 0) is 0 Å². The summed E-state index contributed by atoms with van der Waals surface area (Å²) in [5.41, 5.74) is 1.27. The van der Waals surface area contributed by atoms with Crippen LogP contribution >= 0.6 is 11.6 Å². The van der Waals surface area contributed by atoms with Crippen LogP contribution in [0.2, 0.25) is 5.02 Å². The average Bonchev–Trinajstić information content (AvgIpc) is 2.81. The molecule has 0 radical (unpaired) electrons. The number of halogens is 1. The first-order chi connectivity index (χ1) is 6.66. The van der Waals surface area contributed by atoms with Crippen LogP contribution in [0.1, 0.15) is 31.9 Å². The number of benzene rings is 1. The lowest BCUT2D eigenvalue weighted by molar-refractivity contribution is 0.552. The Kier molecular flexibility index (Phi) is 2.80. The summed E-state index contributed by atoms with van der Waals surface area (Å²) in [7, 11) is 0. The van der Waals surface area contributed by atoms with Crippen molar-refractivity contribution in [2.75, 3.05) is 0 Å². The van der Waals surface area contributed by atoms with Gasteiger partial charge in [-0.05, 0) is 37.0 Å². The molecule has 0 spiro atoms. The third-order valence-corrected chi connectivity index (χ3v) is 3.16. The van der Waals surface area contributed by atoms with Gasteiger partial charge < -0.3 is 5.32 Å². The summed E-state index contributed by atoms with van der Waals surface area (Å²) in [6, 6.07) is 9.19. The third-order valence-electron chi connectivity index (χ3n) is 2.92. The van der Waals surface area contributed by atoms with Gasteiger partial charge in [-0.3, -0.25) is 0 Å². The van der Waals surface area contributed by atoms with Crippen LogP contribution in [0, 0.1) is 5.92 Å². The molecule has 0 bridgehead atoms. The van der Waals surface area contributed by atoms with E-state index in [-0.39, 0.29) is 0 Å². The maximum Gasteiger partial charge on any atom is 0.0409 e. The Morgan fingerprint density at radius 1 is 1.50 bits per heavy atom. The lowest BCUT2D eigenvalue weighted by Crippen LogP contribution is -2.21. The van der Waals surface area contributed by atoms with Crippen molar-refractivity contribution < 1.29 is 0 Å². The summed E-state index contributed by atoms with van der Waals surface area (Å²) in [5, 5.41) is 4.41. The maximum atomic E-state index is 5.94. The Morgan fingerprint density at radius 3 is 2.79 bits per heavy atom. The molecular formula is C12H16ClN. The smallest absolute Gasteiger partial charge is 0.0409 e. The lowest BCUT2D eigenvalue weighted by Gasteiger charge is -2.14. The first-order valence-electron chi connectivity index (χ1n) is 5.18. The van der Waals surface area contributed by atoms with Crippen molar-refractivity contribution >= 4 is 11.6 Å². The summed E-state index contributed by atoms with van der Waals surface area (Å²) in [6.45, 7) is 4.47. The van der Waals surface area contributed by atoms with E-state index in [0.29, 0.717) is 12.1 Å². The molecule has 0 aromatic heterocycles. The first-order valence-corrected chi connectivity index (χ1v) is 5.56. The zero-order chi connectivity index (χ0) is 10.1. The molecular weight excluding hydrogens is 194 g/mol. The van der Waals surface area contributed by atoms with Crippen LogP contribution in [-0.4, -0.2) is 6.04 Å². The van der Waals surface area contributed by atoms with Crippen LogP contribution in [0.15, 0.2) is 24.3 Å². The Morgan fingerprint density at radius 2 is 2.21 bits per heavy atom. The Balaban J connectivity index is 2.00. The number of nitrogens with one attached hydrogen (secondary N) is 1. The average molecular weight is 210 g/mol. The van der Waals surface area contributed by atoms with E-state index in [1.807, 2.05) is 18.2 Å². The molecule has 1 N–H and O–H groups in total. The quantitative estimate of drug-likeness (QED) is 0.805. The largest absolute Gasteiger partial charge is 0.307 e. The highest BCUT2D eigenvalue weighted by molar-refractivity contribution is 6.30. The van der Waals surface area contributed by atoms with Gasteiger partial charge in [0.25, 0.3) is 0 Å². The van der Waals surface area contributed by atoms with E-state index in [4.69, 9.17) is 11.6 Å². The van der Waals surface area contributed by atoms with Gasteiger partial charge in [0.2, 0.25) is 0 Å². The molecule has 1 fully saturated rings. The number of hydrogen-bond donors (Lipinski definition) is 1. The molecule has 1 saturated carbocycles. The van der Waals surface area contributed by atoms with Crippen molar-refractivity contribution in [1.29, 1.82) is 0 Å². The lowest BCUT2D eigenvalue weighted by atomic mass is 10.1. The van der Waals surface area contributed by atoms with Gasteiger partial charge in [0.05, 0.1) is 0 Å². The van der Waals surface area contributed by atoms with Crippen molar-refractivity contribution in [3.05, 3.63) is 34.9 Å². The highest BCUT2D eigenvalue weighted by atomic mass is 35.5. The zero-order valence-corrected chi connectivity index (χ0v) is 9.38. The summed E-state index contributed by atoms with van der Waals surface area (Å²) >= 11 is 5.94. The van der Waals surface area contributed by atoms with Gasteiger partial charge in [-0.2, -0.15) is 0 Å². The van der Waals surface area contributed by atoms with Gasteiger partial charge in [-0.15, -0.1) is 0 Å². The molecule has 2 heteroatoms. The van der Waals surface area contributed by atoms with Crippen LogP contribution in [0.3, 0.4) is 0 Å². The van der Waals surface area contributed by atoms with Crippen molar-refractivity contribution in [1.82, 2.24) is 5.32 Å². The van der Waals surface area contributed by atoms with Gasteiger partial charge in [-0.1, -0.05) is 30.7 Å². The third kappa shape index (κ3) is 2.28. The van der Waals surface area contributed by atoms with Gasteiger partial charge in [0.1, 0.15) is 0 Å². The van der Waals surface area contributed by atoms with Gasteiger partial charge in [0, 0.05) is 17.1 Å². The summed E-state index contributed by atoms with van der Waals surface area (Å²) in [4.78, 5) is 0. The van der Waals surface area contributed by atoms with E-state index < -0.39 is 0 Å². The molecule has 0 heterocycles. The minimum Gasteiger partial charge on any atom is -0.307 e. The predicted molar refractivity (Wildman–Crippen MR) is 60.6 cm³/mol. The summed E-state index contributed by atoms with van der Waals surface area (Å²) < 4.78 is 0. The second kappa shape index (κ2) is 3.92. The first kappa shape index (κ1) is 10.0. The van der Waals surface area contributed by atoms with Crippen molar-refractivity contribution in [3.63, 3.8) is 0 Å². The van der Waals surface area contributed by atoms with Gasteiger partial charge in [0.15, 0.2) is 0 Å². The summed E-state index contributed by atoms with van der Waals surface area (Å²) in [6.07, 6.45) is 1.31. The number of rotatable bonds is 3. The molecule has 1 aliphatic rings. The summed E-state index contributed by atoms with van der Waals surface area (Å²) in [5.74, 6) is 0.844. The van der Waals surface area contributed by atoms with Crippen LogP contribution in [0.25, 0.3) is 0 Å². The van der Waals surface area contributed by atoms with Crippen molar-refractivity contribution in [3.8, 4) is 0 Å². The maximum absolute atomic E-state index is 5.94. The minimum absolute atomic E-state index is 0.406. The fourth-order valence-corrected chi connectivity index (χ4v) is 1.95. The van der Waals surface area contributed by atoms with E-state index in [2.05, 4.69) is 25.2 Å². The molecule has 1 aromatic rings. The monoisotopic (exact) mass is 209 g/mol. The fraction of sp³-hybridized carbons (Fsp3) is 0.500. The second-order valence-corrected chi connectivity index (χ2v) is 4.70.